The summed E-state index contributed by atoms with van der Waals surface area (Å²) >= 11 is 0. The first-order valence-electron chi connectivity index (χ1n) is 4.40. The van der Waals surface area contributed by atoms with Crippen molar-refractivity contribution in [3.63, 3.8) is 0 Å². The van der Waals surface area contributed by atoms with E-state index >= 15 is 0 Å². The van der Waals surface area contributed by atoms with Crippen molar-refractivity contribution in [2.24, 2.45) is 0 Å². The molecule has 0 aliphatic carbocycles. The molecule has 0 spiro atoms. The van der Waals surface area contributed by atoms with Gasteiger partial charge in [0, 0.05) is 6.42 Å². The molecule has 0 amide bonds. The Balaban J connectivity index is 3.35. The summed E-state index contributed by atoms with van der Waals surface area (Å²) < 4.78 is 5.06. The molecule has 0 N–H and O–H groups in total. The Morgan fingerprint density at radius 3 is 2.55 bits per heavy atom. The fourth-order valence-corrected chi connectivity index (χ4v) is 0.858. The van der Waals surface area contributed by atoms with Crippen LogP contribution in [0.1, 0.15) is 46.5 Å². The zero-order chi connectivity index (χ0) is 8.69. The van der Waals surface area contributed by atoms with Crippen LogP contribution in [0.4, 0.5) is 0 Å². The van der Waals surface area contributed by atoms with Crippen molar-refractivity contribution in [3.05, 3.63) is 0 Å². The summed E-state index contributed by atoms with van der Waals surface area (Å²) in [5.74, 6) is -0.0893. The number of carbonyl (C=O) groups excluding carboxylic acids is 1. The summed E-state index contributed by atoms with van der Waals surface area (Å²) in [5.41, 5.74) is 0. The van der Waals surface area contributed by atoms with Crippen molar-refractivity contribution in [2.45, 2.75) is 52.6 Å². The van der Waals surface area contributed by atoms with Crippen LogP contribution < -0.4 is 0 Å². The third kappa shape index (κ3) is 5.89. The third-order valence-electron chi connectivity index (χ3n) is 1.59. The molecule has 0 bridgehead atoms. The molecule has 0 heterocycles. The maximum absolute atomic E-state index is 10.8. The lowest BCUT2D eigenvalue weighted by Gasteiger charge is -2.11. The van der Waals surface area contributed by atoms with Crippen LogP contribution in [0.2, 0.25) is 0 Å². The van der Waals surface area contributed by atoms with E-state index in [-0.39, 0.29) is 12.1 Å². The van der Waals surface area contributed by atoms with Crippen molar-refractivity contribution in [1.29, 1.82) is 0 Å². The van der Waals surface area contributed by atoms with Crippen molar-refractivity contribution >= 4 is 5.97 Å². The van der Waals surface area contributed by atoms with Crippen LogP contribution in [-0.2, 0) is 9.53 Å². The lowest BCUT2D eigenvalue weighted by molar-refractivity contribution is -0.148. The standard InChI is InChI=1S/C9H18O2/c1-4-6-7-8(3)11-9(10)5-2/h8H,4-7H2,1-3H3. The second kappa shape index (κ2) is 6.20. The van der Waals surface area contributed by atoms with Gasteiger partial charge in [-0.2, -0.15) is 0 Å². The minimum absolute atomic E-state index is 0.0893. The quantitative estimate of drug-likeness (QED) is 0.575. The van der Waals surface area contributed by atoms with Crippen LogP contribution >= 0.6 is 0 Å². The average Bonchev–Trinajstić information content (AvgIpc) is 2.00. The predicted molar refractivity (Wildman–Crippen MR) is 45.4 cm³/mol. The minimum Gasteiger partial charge on any atom is -0.463 e. The van der Waals surface area contributed by atoms with Gasteiger partial charge in [0.25, 0.3) is 0 Å². The van der Waals surface area contributed by atoms with Gasteiger partial charge in [0.2, 0.25) is 0 Å². The van der Waals surface area contributed by atoms with E-state index in [1.807, 2.05) is 13.8 Å². The highest BCUT2D eigenvalue weighted by atomic mass is 16.5. The molecular formula is C9H18O2. The van der Waals surface area contributed by atoms with E-state index in [1.165, 1.54) is 0 Å². The second-order valence-electron chi connectivity index (χ2n) is 2.80. The molecule has 0 saturated carbocycles. The van der Waals surface area contributed by atoms with Gasteiger partial charge in [-0.3, -0.25) is 4.79 Å². The van der Waals surface area contributed by atoms with E-state index in [1.54, 1.807) is 0 Å². The number of esters is 1. The summed E-state index contributed by atoms with van der Waals surface area (Å²) in [6, 6.07) is 0. The molecular weight excluding hydrogens is 140 g/mol. The second-order valence-corrected chi connectivity index (χ2v) is 2.80. The highest BCUT2D eigenvalue weighted by Crippen LogP contribution is 2.04. The number of ether oxygens (including phenoxy) is 1. The molecule has 2 heteroatoms. The summed E-state index contributed by atoms with van der Waals surface area (Å²) in [4.78, 5) is 10.8. The van der Waals surface area contributed by atoms with Crippen molar-refractivity contribution < 1.29 is 9.53 Å². The third-order valence-corrected chi connectivity index (χ3v) is 1.59. The smallest absolute Gasteiger partial charge is 0.305 e. The molecule has 0 saturated heterocycles. The summed E-state index contributed by atoms with van der Waals surface area (Å²) in [6.45, 7) is 5.90. The Morgan fingerprint density at radius 1 is 1.45 bits per heavy atom. The molecule has 1 unspecified atom stereocenters. The molecule has 0 aromatic rings. The zero-order valence-electron chi connectivity index (χ0n) is 7.72. The SMILES string of the molecule is CCCCC(C)OC(=O)CC. The molecule has 0 fully saturated rings. The van der Waals surface area contributed by atoms with Gasteiger partial charge in [0.15, 0.2) is 0 Å². The van der Waals surface area contributed by atoms with Crippen LogP contribution in [-0.4, -0.2) is 12.1 Å². The van der Waals surface area contributed by atoms with Crippen LogP contribution in [0.5, 0.6) is 0 Å². The first-order chi connectivity index (χ1) is 5.20. The molecule has 0 aromatic heterocycles. The van der Waals surface area contributed by atoms with Crippen molar-refractivity contribution in [1.82, 2.24) is 0 Å². The van der Waals surface area contributed by atoms with Crippen molar-refractivity contribution in [2.75, 3.05) is 0 Å². The van der Waals surface area contributed by atoms with Crippen LogP contribution in [0.25, 0.3) is 0 Å². The Labute approximate surface area is 68.9 Å². The van der Waals surface area contributed by atoms with E-state index in [0.717, 1.165) is 19.3 Å². The van der Waals surface area contributed by atoms with Crippen LogP contribution in [0, 0.1) is 0 Å². The van der Waals surface area contributed by atoms with Crippen LogP contribution in [0.3, 0.4) is 0 Å². The lowest BCUT2D eigenvalue weighted by Crippen LogP contribution is -2.13. The van der Waals surface area contributed by atoms with Crippen molar-refractivity contribution in [3.8, 4) is 0 Å². The summed E-state index contributed by atoms with van der Waals surface area (Å²) in [5, 5.41) is 0. The fourth-order valence-electron chi connectivity index (χ4n) is 0.858. The molecule has 0 aliphatic heterocycles. The Morgan fingerprint density at radius 2 is 2.09 bits per heavy atom. The maximum atomic E-state index is 10.8. The number of hydrogen-bond acceptors (Lipinski definition) is 2. The Kier molecular flexibility index (Phi) is 5.90. The topological polar surface area (TPSA) is 26.3 Å². The summed E-state index contributed by atoms with van der Waals surface area (Å²) in [7, 11) is 0. The highest BCUT2D eigenvalue weighted by molar-refractivity contribution is 5.69. The van der Waals surface area contributed by atoms with Gasteiger partial charge in [0.1, 0.15) is 0 Å². The highest BCUT2D eigenvalue weighted by Gasteiger charge is 2.05. The summed E-state index contributed by atoms with van der Waals surface area (Å²) in [6.07, 6.45) is 3.87. The first-order valence-corrected chi connectivity index (χ1v) is 4.40. The van der Waals surface area contributed by atoms with E-state index in [4.69, 9.17) is 4.74 Å². The largest absolute Gasteiger partial charge is 0.463 e. The van der Waals surface area contributed by atoms with Gasteiger partial charge in [0.05, 0.1) is 6.10 Å². The van der Waals surface area contributed by atoms with Gasteiger partial charge in [-0.25, -0.2) is 0 Å². The monoisotopic (exact) mass is 158 g/mol. The number of hydrogen-bond donors (Lipinski definition) is 0. The van der Waals surface area contributed by atoms with E-state index < -0.39 is 0 Å². The van der Waals surface area contributed by atoms with Gasteiger partial charge >= 0.3 is 5.97 Å². The normalized spacial score (nSPS) is 12.6. The Hall–Kier alpha value is -0.530. The first kappa shape index (κ1) is 10.5. The molecule has 66 valence electrons. The van der Waals surface area contributed by atoms with Crippen LogP contribution in [0.15, 0.2) is 0 Å². The van der Waals surface area contributed by atoms with Gasteiger partial charge in [-0.15, -0.1) is 0 Å². The fraction of sp³-hybridized carbons (Fsp3) is 0.889. The molecule has 11 heavy (non-hydrogen) atoms. The average molecular weight is 158 g/mol. The molecule has 1 atom stereocenters. The molecule has 0 aliphatic rings. The van der Waals surface area contributed by atoms with Gasteiger partial charge < -0.3 is 4.74 Å². The Bertz CT molecular complexity index is 110. The number of unbranched alkanes of at least 4 members (excludes halogenated alkanes) is 1. The maximum Gasteiger partial charge on any atom is 0.305 e. The molecule has 2 nitrogen and oxygen atoms in total. The minimum atomic E-state index is -0.0893. The molecule has 0 aromatic carbocycles. The predicted octanol–water partition coefficient (Wildman–Crippen LogP) is 2.52. The number of rotatable bonds is 5. The van der Waals surface area contributed by atoms with Gasteiger partial charge in [-0.1, -0.05) is 26.7 Å². The molecule has 0 rings (SSSR count). The number of carbonyl (C=O) groups is 1. The lowest BCUT2D eigenvalue weighted by atomic mass is 10.2. The van der Waals surface area contributed by atoms with E-state index in [9.17, 15) is 4.79 Å². The zero-order valence-corrected chi connectivity index (χ0v) is 7.72. The van der Waals surface area contributed by atoms with Gasteiger partial charge in [-0.05, 0) is 13.3 Å². The van der Waals surface area contributed by atoms with E-state index in [2.05, 4.69) is 6.92 Å². The molecule has 0 radical (unpaired) electrons. The van der Waals surface area contributed by atoms with E-state index in [0.29, 0.717) is 6.42 Å².